The van der Waals surface area contributed by atoms with Gasteiger partial charge in [0.15, 0.2) is 0 Å². The Kier molecular flexibility index (Phi) is 4.00. The molecule has 0 aromatic heterocycles. The van der Waals surface area contributed by atoms with Crippen molar-refractivity contribution in [2.24, 2.45) is 0 Å². The van der Waals surface area contributed by atoms with Gasteiger partial charge < -0.3 is 4.90 Å². The van der Waals surface area contributed by atoms with Crippen molar-refractivity contribution in [2.75, 3.05) is 4.90 Å². The summed E-state index contributed by atoms with van der Waals surface area (Å²) in [5, 5.41) is 1.03. The van der Waals surface area contributed by atoms with E-state index in [1.807, 2.05) is 12.1 Å². The van der Waals surface area contributed by atoms with E-state index in [2.05, 4.69) is 30.9 Å². The summed E-state index contributed by atoms with van der Waals surface area (Å²) >= 11 is 11.8. The van der Waals surface area contributed by atoms with Crippen molar-refractivity contribution in [3.63, 3.8) is 0 Å². The van der Waals surface area contributed by atoms with Gasteiger partial charge in [0.1, 0.15) is 6.63 Å². The van der Waals surface area contributed by atoms with E-state index in [1.165, 1.54) is 18.5 Å². The molecule has 2 atom stereocenters. The number of anilines is 1. The highest BCUT2D eigenvalue weighted by Gasteiger charge is 2.27. The largest absolute Gasteiger partial charge is 0.366 e. The van der Waals surface area contributed by atoms with Gasteiger partial charge in [-0.25, -0.2) is 0 Å². The molecule has 1 fully saturated rings. The molecule has 1 nitrogen and oxygen atoms in total. The lowest BCUT2D eigenvalue weighted by atomic mass is 10.2. The van der Waals surface area contributed by atoms with Gasteiger partial charge in [-0.05, 0) is 38.8 Å². The SMILES string of the molecule is C[C@H]1CC[C@H](C)N1c1ccc(P(Cl)Cl)cc1. The lowest BCUT2D eigenvalue weighted by Gasteiger charge is -2.28. The summed E-state index contributed by atoms with van der Waals surface area (Å²) in [5.74, 6) is 0. The Morgan fingerprint density at radius 1 is 1.06 bits per heavy atom. The van der Waals surface area contributed by atoms with Crippen molar-refractivity contribution in [1.29, 1.82) is 0 Å². The summed E-state index contributed by atoms with van der Waals surface area (Å²) < 4.78 is 0. The molecule has 1 aromatic rings. The molecule has 1 aliphatic rings. The maximum absolute atomic E-state index is 5.89. The summed E-state index contributed by atoms with van der Waals surface area (Å²) in [7, 11) is 0. The second kappa shape index (κ2) is 5.12. The van der Waals surface area contributed by atoms with Gasteiger partial charge in [-0.15, -0.1) is 0 Å². The molecule has 4 heteroatoms. The maximum Gasteiger partial charge on any atom is 0.116 e. The molecule has 0 amide bonds. The van der Waals surface area contributed by atoms with Gasteiger partial charge in [0, 0.05) is 23.1 Å². The predicted octanol–water partition coefficient (Wildman–Crippen LogP) is 4.48. The second-order valence-electron chi connectivity index (χ2n) is 4.43. The molecule has 0 aliphatic carbocycles. The van der Waals surface area contributed by atoms with Gasteiger partial charge in [0.25, 0.3) is 0 Å². The van der Waals surface area contributed by atoms with E-state index < -0.39 is 6.63 Å². The van der Waals surface area contributed by atoms with E-state index in [0.29, 0.717) is 12.1 Å². The Hall–Kier alpha value is 0.0300. The molecular formula is C12H16Cl2NP. The first kappa shape index (κ1) is 12.5. The molecule has 1 aromatic carbocycles. The van der Waals surface area contributed by atoms with Crippen molar-refractivity contribution in [3.8, 4) is 0 Å². The van der Waals surface area contributed by atoms with Crippen molar-refractivity contribution in [2.45, 2.75) is 38.8 Å². The molecule has 1 saturated heterocycles. The van der Waals surface area contributed by atoms with Crippen LogP contribution in [0.3, 0.4) is 0 Å². The molecule has 0 bridgehead atoms. The second-order valence-corrected chi connectivity index (χ2v) is 7.96. The van der Waals surface area contributed by atoms with E-state index in [1.54, 1.807) is 0 Å². The summed E-state index contributed by atoms with van der Waals surface area (Å²) in [6, 6.07) is 9.61. The highest BCUT2D eigenvalue weighted by molar-refractivity contribution is 8.08. The number of nitrogens with zero attached hydrogens (tertiary/aromatic N) is 1. The molecule has 1 heterocycles. The van der Waals surface area contributed by atoms with Crippen LogP contribution in [0, 0.1) is 0 Å². The van der Waals surface area contributed by atoms with Crippen LogP contribution in [0.2, 0.25) is 0 Å². The Morgan fingerprint density at radius 2 is 1.56 bits per heavy atom. The Morgan fingerprint density at radius 3 is 2.00 bits per heavy atom. The molecule has 0 unspecified atom stereocenters. The minimum atomic E-state index is -1.02. The van der Waals surface area contributed by atoms with Crippen molar-refractivity contribution in [3.05, 3.63) is 24.3 Å². The molecule has 1 aliphatic heterocycles. The standard InChI is InChI=1S/C12H16Cl2NP/c1-9-3-4-10(2)15(9)11-5-7-12(8-6-11)16(13)14/h5-10H,3-4H2,1-2H3/t9-,10-/m0/s1. The Bertz CT molecular complexity index is 343. The van der Waals surface area contributed by atoms with Crippen LogP contribution in [-0.4, -0.2) is 12.1 Å². The van der Waals surface area contributed by atoms with Crippen LogP contribution in [0.25, 0.3) is 0 Å². The third-order valence-electron chi connectivity index (χ3n) is 3.29. The van der Waals surface area contributed by atoms with Crippen LogP contribution >= 0.6 is 29.1 Å². The number of hydrogen-bond acceptors (Lipinski definition) is 1. The maximum atomic E-state index is 5.89. The summed E-state index contributed by atoms with van der Waals surface area (Å²) in [4.78, 5) is 2.48. The first-order valence-electron chi connectivity index (χ1n) is 5.59. The average molecular weight is 276 g/mol. The fourth-order valence-corrected chi connectivity index (χ4v) is 3.49. The van der Waals surface area contributed by atoms with Crippen LogP contribution in [-0.2, 0) is 0 Å². The molecule has 0 N–H and O–H groups in total. The molecule has 0 radical (unpaired) electrons. The number of halogens is 2. The van der Waals surface area contributed by atoms with Crippen LogP contribution in [0.4, 0.5) is 5.69 Å². The first-order valence-corrected chi connectivity index (χ1v) is 8.75. The summed E-state index contributed by atoms with van der Waals surface area (Å²) in [5.41, 5.74) is 1.28. The van der Waals surface area contributed by atoms with Gasteiger partial charge in [0.2, 0.25) is 0 Å². The van der Waals surface area contributed by atoms with Crippen molar-refractivity contribution >= 4 is 40.1 Å². The third kappa shape index (κ3) is 2.47. The Labute approximate surface area is 108 Å². The zero-order valence-electron chi connectivity index (χ0n) is 9.53. The van der Waals surface area contributed by atoms with Gasteiger partial charge in [-0.2, -0.15) is 0 Å². The van der Waals surface area contributed by atoms with E-state index in [9.17, 15) is 0 Å². The van der Waals surface area contributed by atoms with E-state index >= 15 is 0 Å². The lowest BCUT2D eigenvalue weighted by Crippen LogP contribution is -2.32. The highest BCUT2D eigenvalue weighted by Crippen LogP contribution is 2.45. The average Bonchev–Trinajstić information content (AvgIpc) is 2.59. The van der Waals surface area contributed by atoms with Crippen LogP contribution < -0.4 is 10.2 Å². The normalized spacial score (nSPS) is 25.4. The van der Waals surface area contributed by atoms with E-state index in [0.717, 1.165) is 5.30 Å². The molecule has 0 spiro atoms. The molecule has 0 saturated carbocycles. The van der Waals surface area contributed by atoms with Gasteiger partial charge in [-0.3, -0.25) is 0 Å². The third-order valence-corrected chi connectivity index (χ3v) is 5.15. The lowest BCUT2D eigenvalue weighted by molar-refractivity contribution is 0.694. The van der Waals surface area contributed by atoms with Gasteiger partial charge in [-0.1, -0.05) is 34.6 Å². The van der Waals surface area contributed by atoms with E-state index in [4.69, 9.17) is 22.5 Å². The van der Waals surface area contributed by atoms with E-state index in [-0.39, 0.29) is 0 Å². The molecular weight excluding hydrogens is 260 g/mol. The summed E-state index contributed by atoms with van der Waals surface area (Å²) in [6.45, 7) is 3.55. The number of hydrogen-bond donors (Lipinski definition) is 0. The summed E-state index contributed by atoms with van der Waals surface area (Å²) in [6.07, 6.45) is 2.56. The predicted molar refractivity (Wildman–Crippen MR) is 75.3 cm³/mol. The van der Waals surface area contributed by atoms with Crippen molar-refractivity contribution in [1.82, 2.24) is 0 Å². The first-order chi connectivity index (χ1) is 7.59. The molecule has 2 rings (SSSR count). The zero-order valence-corrected chi connectivity index (χ0v) is 11.9. The number of rotatable bonds is 2. The van der Waals surface area contributed by atoms with Crippen LogP contribution in [0.15, 0.2) is 24.3 Å². The topological polar surface area (TPSA) is 3.24 Å². The minimum absolute atomic E-state index is 0.634. The van der Waals surface area contributed by atoms with Gasteiger partial charge >= 0.3 is 0 Å². The fraction of sp³-hybridized carbons (Fsp3) is 0.500. The van der Waals surface area contributed by atoms with Gasteiger partial charge in [0.05, 0.1) is 0 Å². The molecule has 88 valence electrons. The smallest absolute Gasteiger partial charge is 0.116 e. The van der Waals surface area contributed by atoms with Crippen LogP contribution in [0.5, 0.6) is 0 Å². The quantitative estimate of drug-likeness (QED) is 0.720. The Balaban J connectivity index is 2.21. The monoisotopic (exact) mass is 275 g/mol. The zero-order chi connectivity index (χ0) is 11.7. The molecule has 16 heavy (non-hydrogen) atoms. The van der Waals surface area contributed by atoms with Crippen molar-refractivity contribution < 1.29 is 0 Å². The number of benzene rings is 1. The highest BCUT2D eigenvalue weighted by atomic mass is 35.9. The fourth-order valence-electron chi connectivity index (χ4n) is 2.44. The van der Waals surface area contributed by atoms with Crippen LogP contribution in [0.1, 0.15) is 26.7 Å². The minimum Gasteiger partial charge on any atom is -0.366 e.